The fourth-order valence-electron chi connectivity index (χ4n) is 2.06. The monoisotopic (exact) mass is 273 g/mol. The number of benzene rings is 1. The summed E-state index contributed by atoms with van der Waals surface area (Å²) < 4.78 is 4.96. The van der Waals surface area contributed by atoms with Crippen LogP contribution in [0.25, 0.3) is 10.9 Å². The van der Waals surface area contributed by atoms with E-state index in [0.717, 1.165) is 10.9 Å². The summed E-state index contributed by atoms with van der Waals surface area (Å²) >= 11 is 0. The summed E-state index contributed by atoms with van der Waals surface area (Å²) in [6, 6.07) is 9.26. The highest BCUT2D eigenvalue weighted by molar-refractivity contribution is 6.05. The Morgan fingerprint density at radius 2 is 2.20 bits per heavy atom. The molecule has 20 heavy (non-hydrogen) atoms. The van der Waals surface area contributed by atoms with Gasteiger partial charge < -0.3 is 15.8 Å². The molecule has 1 heterocycles. The molecular weight excluding hydrogens is 254 g/mol. The van der Waals surface area contributed by atoms with Gasteiger partial charge in [-0.05, 0) is 18.6 Å². The van der Waals surface area contributed by atoms with Crippen molar-refractivity contribution in [3.8, 4) is 0 Å². The number of nitrogens with zero attached hydrogens (tertiary/aromatic N) is 1. The van der Waals surface area contributed by atoms with Gasteiger partial charge in [-0.2, -0.15) is 0 Å². The van der Waals surface area contributed by atoms with E-state index in [1.54, 1.807) is 19.4 Å². The van der Waals surface area contributed by atoms with Crippen LogP contribution in [0.5, 0.6) is 0 Å². The van der Waals surface area contributed by atoms with Crippen LogP contribution in [0.2, 0.25) is 0 Å². The number of carbonyl (C=O) groups excluding carboxylic acids is 1. The summed E-state index contributed by atoms with van der Waals surface area (Å²) in [5.41, 5.74) is 7.26. The number of carbonyl (C=O) groups is 1. The molecule has 0 aliphatic heterocycles. The van der Waals surface area contributed by atoms with Gasteiger partial charge in [0.25, 0.3) is 5.91 Å². The van der Waals surface area contributed by atoms with E-state index in [4.69, 9.17) is 10.5 Å². The van der Waals surface area contributed by atoms with Crippen molar-refractivity contribution in [1.82, 2.24) is 10.3 Å². The van der Waals surface area contributed by atoms with E-state index in [1.165, 1.54) is 0 Å². The van der Waals surface area contributed by atoms with Gasteiger partial charge >= 0.3 is 0 Å². The number of aromatic nitrogens is 1. The first-order valence-corrected chi connectivity index (χ1v) is 6.59. The maximum absolute atomic E-state index is 12.2. The van der Waals surface area contributed by atoms with E-state index in [-0.39, 0.29) is 11.9 Å². The van der Waals surface area contributed by atoms with Crippen molar-refractivity contribution in [2.24, 2.45) is 5.73 Å². The normalized spacial score (nSPS) is 12.3. The Kier molecular flexibility index (Phi) is 5.03. The standard InChI is InChI=1S/C15H19N3O2/c1-20-10-11(16)6-8-18-15(19)13-7-9-17-14-5-3-2-4-12(13)14/h2-5,7,9,11H,6,8,10,16H2,1H3,(H,18,19). The smallest absolute Gasteiger partial charge is 0.252 e. The number of methoxy groups -OCH3 is 1. The number of fused-ring (bicyclic) bond motifs is 1. The highest BCUT2D eigenvalue weighted by Gasteiger charge is 2.10. The van der Waals surface area contributed by atoms with Gasteiger partial charge in [0.15, 0.2) is 0 Å². The lowest BCUT2D eigenvalue weighted by molar-refractivity contribution is 0.0951. The lowest BCUT2D eigenvalue weighted by Crippen LogP contribution is -2.33. The van der Waals surface area contributed by atoms with Gasteiger partial charge in [-0.25, -0.2) is 0 Å². The summed E-state index contributed by atoms with van der Waals surface area (Å²) in [6.45, 7) is 1.02. The maximum Gasteiger partial charge on any atom is 0.252 e. The fourth-order valence-corrected chi connectivity index (χ4v) is 2.06. The zero-order valence-electron chi connectivity index (χ0n) is 11.5. The van der Waals surface area contributed by atoms with Gasteiger partial charge in [0.05, 0.1) is 17.7 Å². The molecule has 0 bridgehead atoms. The second-order valence-electron chi connectivity index (χ2n) is 4.64. The van der Waals surface area contributed by atoms with Gasteiger partial charge in [0, 0.05) is 31.3 Å². The predicted octanol–water partition coefficient (Wildman–Crippen LogP) is 1.33. The number of pyridine rings is 1. The summed E-state index contributed by atoms with van der Waals surface area (Å²) in [7, 11) is 1.61. The molecule has 1 atom stereocenters. The number of amides is 1. The molecule has 2 aromatic rings. The van der Waals surface area contributed by atoms with Crippen LogP contribution in [0.3, 0.4) is 0 Å². The van der Waals surface area contributed by atoms with E-state index in [0.29, 0.717) is 25.1 Å². The Morgan fingerprint density at radius 1 is 1.40 bits per heavy atom. The van der Waals surface area contributed by atoms with Crippen molar-refractivity contribution < 1.29 is 9.53 Å². The van der Waals surface area contributed by atoms with Crippen LogP contribution in [0.1, 0.15) is 16.8 Å². The minimum absolute atomic E-state index is 0.0607. The Bertz CT molecular complexity index is 581. The quantitative estimate of drug-likeness (QED) is 0.832. The Labute approximate surface area is 118 Å². The molecule has 106 valence electrons. The molecule has 1 amide bonds. The molecule has 1 aromatic heterocycles. The Balaban J connectivity index is 2.01. The van der Waals surface area contributed by atoms with Crippen molar-refractivity contribution in [3.63, 3.8) is 0 Å². The van der Waals surface area contributed by atoms with Crippen molar-refractivity contribution >= 4 is 16.8 Å². The third kappa shape index (κ3) is 3.53. The van der Waals surface area contributed by atoms with E-state index >= 15 is 0 Å². The summed E-state index contributed by atoms with van der Waals surface area (Å²) in [5.74, 6) is -0.104. The minimum atomic E-state index is -0.104. The lowest BCUT2D eigenvalue weighted by atomic mass is 10.1. The molecule has 0 saturated carbocycles. The van der Waals surface area contributed by atoms with E-state index in [2.05, 4.69) is 10.3 Å². The molecule has 0 aliphatic carbocycles. The first-order valence-electron chi connectivity index (χ1n) is 6.59. The molecule has 0 saturated heterocycles. The third-order valence-electron chi connectivity index (χ3n) is 3.08. The van der Waals surface area contributed by atoms with Crippen LogP contribution in [-0.2, 0) is 4.74 Å². The number of ether oxygens (including phenoxy) is 1. The maximum atomic E-state index is 12.2. The van der Waals surface area contributed by atoms with E-state index in [9.17, 15) is 4.79 Å². The molecule has 1 unspecified atom stereocenters. The second kappa shape index (κ2) is 6.98. The number of nitrogens with two attached hydrogens (primary N) is 1. The van der Waals surface area contributed by atoms with Crippen molar-refractivity contribution in [2.75, 3.05) is 20.3 Å². The van der Waals surface area contributed by atoms with Crippen LogP contribution in [0.4, 0.5) is 0 Å². The molecule has 2 rings (SSSR count). The Hall–Kier alpha value is -1.98. The molecule has 0 aliphatic rings. The molecule has 5 heteroatoms. The molecule has 1 aromatic carbocycles. The molecule has 0 fully saturated rings. The van der Waals surface area contributed by atoms with Gasteiger partial charge in [-0.3, -0.25) is 9.78 Å². The minimum Gasteiger partial charge on any atom is -0.383 e. The number of hydrogen-bond donors (Lipinski definition) is 2. The summed E-state index contributed by atoms with van der Waals surface area (Å²) in [5, 5.41) is 3.73. The number of nitrogens with one attached hydrogen (secondary N) is 1. The van der Waals surface area contributed by atoms with Gasteiger partial charge in [0.1, 0.15) is 0 Å². The van der Waals surface area contributed by atoms with Crippen LogP contribution in [0, 0.1) is 0 Å². The highest BCUT2D eigenvalue weighted by atomic mass is 16.5. The SMILES string of the molecule is COCC(N)CCNC(=O)c1ccnc2ccccc12. The first kappa shape index (κ1) is 14.4. The molecule has 5 nitrogen and oxygen atoms in total. The number of para-hydroxylation sites is 1. The zero-order valence-corrected chi connectivity index (χ0v) is 11.5. The fraction of sp³-hybridized carbons (Fsp3) is 0.333. The Morgan fingerprint density at radius 3 is 3.00 bits per heavy atom. The van der Waals surface area contributed by atoms with Crippen molar-refractivity contribution in [3.05, 3.63) is 42.1 Å². The topological polar surface area (TPSA) is 77.2 Å². The van der Waals surface area contributed by atoms with Crippen LogP contribution in [0.15, 0.2) is 36.5 Å². The lowest BCUT2D eigenvalue weighted by Gasteiger charge is -2.11. The van der Waals surface area contributed by atoms with Crippen molar-refractivity contribution in [1.29, 1.82) is 0 Å². The van der Waals surface area contributed by atoms with Crippen LogP contribution >= 0.6 is 0 Å². The molecule has 0 spiro atoms. The van der Waals surface area contributed by atoms with Crippen molar-refractivity contribution in [2.45, 2.75) is 12.5 Å². The number of hydrogen-bond acceptors (Lipinski definition) is 4. The largest absolute Gasteiger partial charge is 0.383 e. The van der Waals surface area contributed by atoms with Gasteiger partial charge in [-0.15, -0.1) is 0 Å². The number of rotatable bonds is 6. The zero-order chi connectivity index (χ0) is 14.4. The second-order valence-corrected chi connectivity index (χ2v) is 4.64. The van der Waals surface area contributed by atoms with Crippen LogP contribution < -0.4 is 11.1 Å². The van der Waals surface area contributed by atoms with Gasteiger partial charge in [0.2, 0.25) is 0 Å². The third-order valence-corrected chi connectivity index (χ3v) is 3.08. The van der Waals surface area contributed by atoms with E-state index in [1.807, 2.05) is 24.3 Å². The molecular formula is C15H19N3O2. The molecule has 0 radical (unpaired) electrons. The summed E-state index contributed by atoms with van der Waals surface area (Å²) in [4.78, 5) is 16.4. The van der Waals surface area contributed by atoms with Crippen LogP contribution in [-0.4, -0.2) is 37.2 Å². The summed E-state index contributed by atoms with van der Waals surface area (Å²) in [6.07, 6.45) is 2.33. The first-order chi connectivity index (χ1) is 9.72. The predicted molar refractivity (Wildman–Crippen MR) is 78.5 cm³/mol. The van der Waals surface area contributed by atoms with Gasteiger partial charge in [-0.1, -0.05) is 18.2 Å². The highest BCUT2D eigenvalue weighted by Crippen LogP contribution is 2.15. The average Bonchev–Trinajstić information content (AvgIpc) is 2.47. The van der Waals surface area contributed by atoms with E-state index < -0.39 is 0 Å². The average molecular weight is 273 g/mol. The molecule has 3 N–H and O–H groups in total.